The molecule has 1 amide bonds. The number of carbonyl (C=O) groups is 1. The minimum atomic E-state index is -1.73. The summed E-state index contributed by atoms with van der Waals surface area (Å²) < 4.78 is 19.0. The number of carbonyl (C=O) groups excluding carboxylic acids is 1. The first-order valence-corrected chi connectivity index (χ1v) is 12.0. The SMILES string of the molecule is CCc1cccc(CN(CCc2ccc(OC(C)(C)F)cc2)c2nc(C(=O)NOC)c(C)s2)n1. The highest BCUT2D eigenvalue weighted by Gasteiger charge is 2.20. The first kappa shape index (κ1) is 25.6. The fourth-order valence-corrected chi connectivity index (χ4v) is 4.32. The number of ether oxygens (including phenoxy) is 1. The Hall–Kier alpha value is -3.04. The van der Waals surface area contributed by atoms with Crippen molar-refractivity contribution in [3.8, 4) is 5.75 Å². The third-order valence-electron chi connectivity index (χ3n) is 5.00. The second-order valence-corrected chi connectivity index (χ2v) is 9.47. The van der Waals surface area contributed by atoms with Gasteiger partial charge < -0.3 is 9.64 Å². The lowest BCUT2D eigenvalue weighted by Crippen LogP contribution is -2.27. The summed E-state index contributed by atoms with van der Waals surface area (Å²) >= 11 is 1.46. The molecule has 0 spiro atoms. The minimum absolute atomic E-state index is 0.345. The monoisotopic (exact) mass is 486 g/mol. The van der Waals surface area contributed by atoms with Crippen LogP contribution >= 0.6 is 11.3 Å². The smallest absolute Gasteiger partial charge is 0.294 e. The number of aryl methyl sites for hydroxylation is 2. The number of benzene rings is 1. The van der Waals surface area contributed by atoms with E-state index >= 15 is 0 Å². The Morgan fingerprint density at radius 2 is 1.85 bits per heavy atom. The Morgan fingerprint density at radius 3 is 2.50 bits per heavy atom. The van der Waals surface area contributed by atoms with Crippen molar-refractivity contribution in [3.63, 3.8) is 0 Å². The summed E-state index contributed by atoms with van der Waals surface area (Å²) in [5.74, 6) is -1.62. The van der Waals surface area contributed by atoms with Crippen LogP contribution in [0.15, 0.2) is 42.5 Å². The maximum Gasteiger partial charge on any atom is 0.294 e. The van der Waals surface area contributed by atoms with Gasteiger partial charge >= 0.3 is 0 Å². The zero-order valence-electron chi connectivity index (χ0n) is 20.2. The molecule has 0 aliphatic carbocycles. The number of aromatic nitrogens is 2. The lowest BCUT2D eigenvalue weighted by atomic mass is 10.1. The maximum atomic E-state index is 13.7. The van der Waals surface area contributed by atoms with Gasteiger partial charge in [-0.2, -0.15) is 4.39 Å². The van der Waals surface area contributed by atoms with E-state index in [1.165, 1.54) is 32.3 Å². The van der Waals surface area contributed by atoms with Crippen molar-refractivity contribution >= 4 is 22.4 Å². The van der Waals surface area contributed by atoms with Crippen molar-refractivity contribution in [2.24, 2.45) is 0 Å². The molecule has 0 fully saturated rings. The summed E-state index contributed by atoms with van der Waals surface area (Å²) in [6.07, 6.45) is 1.58. The summed E-state index contributed by atoms with van der Waals surface area (Å²) in [7, 11) is 1.39. The van der Waals surface area contributed by atoms with Crippen molar-refractivity contribution < 1.29 is 18.8 Å². The maximum absolute atomic E-state index is 13.7. The lowest BCUT2D eigenvalue weighted by molar-refractivity contribution is -0.0257. The first-order chi connectivity index (χ1) is 16.2. The highest BCUT2D eigenvalue weighted by atomic mass is 32.1. The highest BCUT2D eigenvalue weighted by Crippen LogP contribution is 2.28. The molecule has 1 N–H and O–H groups in total. The molecule has 0 bridgehead atoms. The van der Waals surface area contributed by atoms with Gasteiger partial charge in [-0.1, -0.05) is 25.1 Å². The summed E-state index contributed by atoms with van der Waals surface area (Å²) in [5.41, 5.74) is 5.72. The summed E-state index contributed by atoms with van der Waals surface area (Å²) in [6.45, 7) is 7.90. The predicted octanol–water partition coefficient (Wildman–Crippen LogP) is 5.03. The van der Waals surface area contributed by atoms with Crippen LogP contribution < -0.4 is 15.1 Å². The van der Waals surface area contributed by atoms with Gasteiger partial charge in [-0.05, 0) is 49.6 Å². The van der Waals surface area contributed by atoms with Gasteiger partial charge in [0, 0.05) is 31.0 Å². The number of thiazole rings is 1. The number of pyridine rings is 1. The largest absolute Gasteiger partial charge is 0.459 e. The quantitative estimate of drug-likeness (QED) is 0.383. The van der Waals surface area contributed by atoms with E-state index in [1.54, 1.807) is 12.1 Å². The normalized spacial score (nSPS) is 11.4. The van der Waals surface area contributed by atoms with E-state index in [-0.39, 0.29) is 5.91 Å². The number of hydroxylamine groups is 1. The average molecular weight is 487 g/mol. The molecule has 182 valence electrons. The van der Waals surface area contributed by atoms with E-state index in [2.05, 4.69) is 22.3 Å². The molecule has 0 aliphatic heterocycles. The van der Waals surface area contributed by atoms with Crippen molar-refractivity contribution in [3.05, 3.63) is 70.0 Å². The van der Waals surface area contributed by atoms with Crippen molar-refractivity contribution in [1.82, 2.24) is 15.4 Å². The molecule has 7 nitrogen and oxygen atoms in total. The fraction of sp³-hybridized carbons (Fsp3) is 0.400. The second-order valence-electron chi connectivity index (χ2n) is 8.29. The van der Waals surface area contributed by atoms with Crippen LogP contribution in [0.3, 0.4) is 0 Å². The number of amides is 1. The fourth-order valence-electron chi connectivity index (χ4n) is 3.39. The number of nitrogens with zero attached hydrogens (tertiary/aromatic N) is 3. The number of anilines is 1. The van der Waals surface area contributed by atoms with Gasteiger partial charge in [0.1, 0.15) is 11.4 Å². The summed E-state index contributed by atoms with van der Waals surface area (Å²) in [6, 6.07) is 13.4. The third kappa shape index (κ3) is 7.23. The van der Waals surface area contributed by atoms with Crippen LogP contribution in [0.1, 0.15) is 53.1 Å². The molecule has 2 aromatic heterocycles. The van der Waals surface area contributed by atoms with Crippen LogP contribution in [0.25, 0.3) is 0 Å². The van der Waals surface area contributed by atoms with Crippen LogP contribution in [0.2, 0.25) is 0 Å². The summed E-state index contributed by atoms with van der Waals surface area (Å²) in [5, 5.41) is 0.738. The van der Waals surface area contributed by atoms with E-state index in [1.807, 2.05) is 37.3 Å². The molecule has 3 rings (SSSR count). The second kappa shape index (κ2) is 11.4. The topological polar surface area (TPSA) is 76.6 Å². The number of rotatable bonds is 11. The van der Waals surface area contributed by atoms with Crippen LogP contribution in [0, 0.1) is 6.92 Å². The molecule has 9 heteroatoms. The molecule has 0 saturated carbocycles. The zero-order chi connectivity index (χ0) is 24.7. The van der Waals surface area contributed by atoms with Crippen LogP contribution in [0.5, 0.6) is 5.75 Å². The van der Waals surface area contributed by atoms with Gasteiger partial charge in [-0.25, -0.2) is 10.5 Å². The van der Waals surface area contributed by atoms with E-state index in [0.717, 1.165) is 39.8 Å². The van der Waals surface area contributed by atoms with Crippen molar-refractivity contribution in [2.45, 2.75) is 52.9 Å². The van der Waals surface area contributed by atoms with Crippen LogP contribution in [-0.4, -0.2) is 35.4 Å². The third-order valence-corrected chi connectivity index (χ3v) is 6.03. The zero-order valence-corrected chi connectivity index (χ0v) is 21.0. The molecule has 0 saturated heterocycles. The Bertz CT molecular complexity index is 1100. The number of hydrogen-bond acceptors (Lipinski definition) is 7. The van der Waals surface area contributed by atoms with E-state index < -0.39 is 5.85 Å². The summed E-state index contributed by atoms with van der Waals surface area (Å²) in [4.78, 5) is 29.3. The molecule has 0 aliphatic rings. The molecule has 34 heavy (non-hydrogen) atoms. The number of hydrogen-bond donors (Lipinski definition) is 1. The van der Waals surface area contributed by atoms with Gasteiger partial charge in [0.25, 0.3) is 5.91 Å². The Labute approximate surface area is 203 Å². The first-order valence-electron chi connectivity index (χ1n) is 11.2. The average Bonchev–Trinajstić information content (AvgIpc) is 3.18. The molecule has 0 atom stereocenters. The van der Waals surface area contributed by atoms with Crippen LogP contribution in [0.4, 0.5) is 9.52 Å². The van der Waals surface area contributed by atoms with Gasteiger partial charge in [0.15, 0.2) is 5.13 Å². The van der Waals surface area contributed by atoms with E-state index in [9.17, 15) is 9.18 Å². The minimum Gasteiger partial charge on any atom is -0.459 e. The van der Waals surface area contributed by atoms with Gasteiger partial charge in [0.2, 0.25) is 5.85 Å². The molecule has 2 heterocycles. The van der Waals surface area contributed by atoms with Crippen LogP contribution in [-0.2, 0) is 24.2 Å². The predicted molar refractivity (Wildman–Crippen MR) is 132 cm³/mol. The Morgan fingerprint density at radius 1 is 1.15 bits per heavy atom. The molecule has 1 aromatic carbocycles. The van der Waals surface area contributed by atoms with Gasteiger partial charge in [-0.15, -0.1) is 11.3 Å². The van der Waals surface area contributed by atoms with E-state index in [4.69, 9.17) is 14.6 Å². The molecular weight excluding hydrogens is 455 g/mol. The van der Waals surface area contributed by atoms with Gasteiger partial charge in [0.05, 0.1) is 19.3 Å². The van der Waals surface area contributed by atoms with Gasteiger partial charge in [-0.3, -0.25) is 14.6 Å². The molecular formula is C25H31FN4O3S. The molecule has 0 radical (unpaired) electrons. The van der Waals surface area contributed by atoms with Crippen molar-refractivity contribution in [2.75, 3.05) is 18.6 Å². The number of halogens is 1. The standard InChI is InChI=1S/C25H31FN4O3S/c1-6-19-8-7-9-20(27-19)16-30(24-28-22(17(2)34-24)23(31)29-32-5)15-14-18-10-12-21(13-11-18)33-25(3,4)26/h7-13H,6,14-16H2,1-5H3,(H,29,31). The lowest BCUT2D eigenvalue weighted by Gasteiger charge is -2.22. The number of nitrogens with one attached hydrogen (secondary N) is 1. The number of alkyl halides is 1. The van der Waals surface area contributed by atoms with Crippen molar-refractivity contribution in [1.29, 1.82) is 0 Å². The molecule has 3 aromatic rings. The van der Waals surface area contributed by atoms with E-state index in [0.29, 0.717) is 24.5 Å². The molecule has 0 unspecified atom stereocenters. The Kier molecular flexibility index (Phi) is 8.57. The Balaban J connectivity index is 1.80. The highest BCUT2D eigenvalue weighted by molar-refractivity contribution is 7.15.